The quantitative estimate of drug-likeness (QED) is 0.499. The Morgan fingerprint density at radius 2 is 1.66 bits per heavy atom. The van der Waals surface area contributed by atoms with E-state index in [1.54, 1.807) is 4.31 Å². The van der Waals surface area contributed by atoms with Crippen molar-refractivity contribution in [3.63, 3.8) is 0 Å². The van der Waals surface area contributed by atoms with E-state index in [0.717, 1.165) is 68.3 Å². The summed E-state index contributed by atoms with van der Waals surface area (Å²) in [5.74, 6) is 1.61. The maximum Gasteiger partial charge on any atom is 0.227 e. The first kappa shape index (κ1) is 24.7. The molecule has 2 aromatic heterocycles. The van der Waals surface area contributed by atoms with Crippen molar-refractivity contribution in [3.05, 3.63) is 6.33 Å². The van der Waals surface area contributed by atoms with Crippen molar-refractivity contribution >= 4 is 33.0 Å². The average Bonchev–Trinajstić information content (AvgIpc) is 3.51. The van der Waals surface area contributed by atoms with Crippen molar-refractivity contribution in [1.82, 2.24) is 23.8 Å². The molecule has 0 bridgehead atoms. The molecule has 0 atom stereocenters. The van der Waals surface area contributed by atoms with E-state index in [-0.39, 0.29) is 11.8 Å². The van der Waals surface area contributed by atoms with Gasteiger partial charge in [-0.05, 0) is 57.8 Å². The minimum absolute atomic E-state index is 0.151. The number of nitrogens with zero attached hydrogens (tertiary/aromatic N) is 5. The number of nitrogens with one attached hydrogen (secondary N) is 2. The summed E-state index contributed by atoms with van der Waals surface area (Å²) in [6.45, 7) is 2.99. The van der Waals surface area contributed by atoms with Crippen LogP contribution in [-0.2, 0) is 10.0 Å². The lowest BCUT2D eigenvalue weighted by Crippen LogP contribution is -2.43. The molecule has 3 heterocycles. The molecule has 2 aromatic rings. The highest BCUT2D eigenvalue weighted by Crippen LogP contribution is 2.34. The van der Waals surface area contributed by atoms with Gasteiger partial charge < -0.3 is 20.9 Å². The Labute approximate surface area is 208 Å². The van der Waals surface area contributed by atoms with E-state index in [0.29, 0.717) is 43.6 Å². The van der Waals surface area contributed by atoms with Gasteiger partial charge in [0.05, 0.1) is 12.1 Å². The SMILES string of the molecule is CCCS(=O)(=O)N1CCC(Nc2nc(NC3CCC(N)CC3)nc3c2ncn3C2CCCC2)CC1. The van der Waals surface area contributed by atoms with Gasteiger partial charge in [0, 0.05) is 37.3 Å². The van der Waals surface area contributed by atoms with Crippen molar-refractivity contribution in [2.75, 3.05) is 29.5 Å². The molecule has 4 N–H and O–H groups in total. The van der Waals surface area contributed by atoms with E-state index in [2.05, 4.69) is 15.2 Å². The number of piperidine rings is 1. The zero-order chi connectivity index (χ0) is 24.4. The molecule has 0 aromatic carbocycles. The van der Waals surface area contributed by atoms with Gasteiger partial charge in [0.15, 0.2) is 17.0 Å². The molecule has 0 spiro atoms. The van der Waals surface area contributed by atoms with Crippen molar-refractivity contribution in [2.24, 2.45) is 5.73 Å². The van der Waals surface area contributed by atoms with Crippen LogP contribution in [0.5, 0.6) is 0 Å². The lowest BCUT2D eigenvalue weighted by atomic mass is 9.92. The topological polar surface area (TPSA) is 131 Å². The fraction of sp³-hybridized carbons (Fsp3) is 0.792. The second-order valence-electron chi connectivity index (χ2n) is 10.5. The summed E-state index contributed by atoms with van der Waals surface area (Å²) in [7, 11) is -3.15. The molecule has 1 saturated heterocycles. The monoisotopic (exact) mass is 504 g/mol. The van der Waals surface area contributed by atoms with Crippen LogP contribution in [0, 0.1) is 0 Å². The Morgan fingerprint density at radius 3 is 2.34 bits per heavy atom. The normalized spacial score (nSPS) is 25.3. The number of hydrogen-bond donors (Lipinski definition) is 3. The summed E-state index contributed by atoms with van der Waals surface area (Å²) in [5, 5.41) is 7.18. The van der Waals surface area contributed by atoms with Crippen molar-refractivity contribution in [1.29, 1.82) is 0 Å². The Morgan fingerprint density at radius 1 is 0.971 bits per heavy atom. The zero-order valence-corrected chi connectivity index (χ0v) is 21.6. The van der Waals surface area contributed by atoms with Crippen LogP contribution in [0.3, 0.4) is 0 Å². The lowest BCUT2D eigenvalue weighted by Gasteiger charge is -2.32. The van der Waals surface area contributed by atoms with E-state index in [4.69, 9.17) is 20.7 Å². The van der Waals surface area contributed by atoms with Gasteiger partial charge in [-0.3, -0.25) is 0 Å². The molecular weight excluding hydrogens is 464 g/mol. The van der Waals surface area contributed by atoms with E-state index in [1.807, 2.05) is 13.3 Å². The summed E-state index contributed by atoms with van der Waals surface area (Å²) in [4.78, 5) is 14.5. The number of hydrogen-bond acceptors (Lipinski definition) is 8. The molecule has 194 valence electrons. The van der Waals surface area contributed by atoms with Gasteiger partial charge in [-0.15, -0.1) is 0 Å². The van der Waals surface area contributed by atoms with Gasteiger partial charge >= 0.3 is 0 Å². The lowest BCUT2D eigenvalue weighted by molar-refractivity contribution is 0.329. The molecule has 11 heteroatoms. The van der Waals surface area contributed by atoms with Crippen LogP contribution in [0.15, 0.2) is 6.33 Å². The number of nitrogens with two attached hydrogens (primary N) is 1. The molecule has 35 heavy (non-hydrogen) atoms. The van der Waals surface area contributed by atoms with Crippen LogP contribution in [0.4, 0.5) is 11.8 Å². The molecule has 0 amide bonds. The van der Waals surface area contributed by atoms with Crippen LogP contribution in [0.1, 0.15) is 83.6 Å². The zero-order valence-electron chi connectivity index (χ0n) is 20.8. The maximum absolute atomic E-state index is 12.5. The van der Waals surface area contributed by atoms with Crippen molar-refractivity contribution in [2.45, 2.75) is 102 Å². The number of imidazole rings is 1. The Bertz CT molecular complexity index is 1100. The number of rotatable bonds is 8. The predicted molar refractivity (Wildman–Crippen MR) is 139 cm³/mol. The minimum Gasteiger partial charge on any atom is -0.365 e. The molecule has 2 saturated carbocycles. The van der Waals surface area contributed by atoms with Crippen molar-refractivity contribution < 1.29 is 8.42 Å². The number of sulfonamides is 1. The number of fused-ring (bicyclic) bond motifs is 1. The predicted octanol–water partition coefficient (Wildman–Crippen LogP) is 3.24. The summed E-state index contributed by atoms with van der Waals surface area (Å²) >= 11 is 0. The smallest absolute Gasteiger partial charge is 0.227 e. The summed E-state index contributed by atoms with van der Waals surface area (Å²) in [6.07, 6.45) is 13.0. The Hall–Kier alpha value is -1.98. The molecule has 2 aliphatic carbocycles. The third-order valence-electron chi connectivity index (χ3n) is 7.89. The average molecular weight is 505 g/mol. The van der Waals surface area contributed by atoms with Gasteiger partial charge in [0.1, 0.15) is 0 Å². The van der Waals surface area contributed by atoms with Gasteiger partial charge in [-0.25, -0.2) is 17.7 Å². The number of anilines is 2. The molecule has 3 fully saturated rings. The first-order valence-electron chi connectivity index (χ1n) is 13.4. The van der Waals surface area contributed by atoms with Crippen LogP contribution in [0.2, 0.25) is 0 Å². The first-order chi connectivity index (χ1) is 16.9. The van der Waals surface area contributed by atoms with Gasteiger partial charge in [0.2, 0.25) is 16.0 Å². The third kappa shape index (κ3) is 5.56. The van der Waals surface area contributed by atoms with E-state index in [9.17, 15) is 8.42 Å². The van der Waals surface area contributed by atoms with E-state index in [1.165, 1.54) is 12.8 Å². The maximum atomic E-state index is 12.5. The summed E-state index contributed by atoms with van der Waals surface area (Å²) in [5.41, 5.74) is 7.78. The number of aromatic nitrogens is 4. The standard InChI is InChI=1S/C24H40N8O2S/c1-2-15-35(33,34)31-13-11-19(12-14-31)27-22-21-23(32(16-26-21)20-5-3-4-6-20)30-24(29-22)28-18-9-7-17(25)8-10-18/h16-20H,2-15,25H2,1H3,(H2,27,28,29,30). The molecule has 5 rings (SSSR count). The van der Waals surface area contributed by atoms with E-state index < -0.39 is 10.0 Å². The van der Waals surface area contributed by atoms with Crippen LogP contribution < -0.4 is 16.4 Å². The molecule has 1 aliphatic heterocycles. The highest BCUT2D eigenvalue weighted by atomic mass is 32.2. The second kappa shape index (κ2) is 10.6. The molecule has 10 nitrogen and oxygen atoms in total. The third-order valence-corrected chi connectivity index (χ3v) is 9.97. The van der Waals surface area contributed by atoms with Crippen LogP contribution >= 0.6 is 0 Å². The highest BCUT2D eigenvalue weighted by molar-refractivity contribution is 7.89. The van der Waals surface area contributed by atoms with Crippen LogP contribution in [0.25, 0.3) is 11.2 Å². The molecule has 0 radical (unpaired) electrons. The summed E-state index contributed by atoms with van der Waals surface area (Å²) < 4.78 is 28.8. The largest absolute Gasteiger partial charge is 0.365 e. The van der Waals surface area contributed by atoms with E-state index >= 15 is 0 Å². The van der Waals surface area contributed by atoms with Crippen molar-refractivity contribution in [3.8, 4) is 0 Å². The fourth-order valence-corrected chi connectivity index (χ4v) is 7.38. The van der Waals surface area contributed by atoms with Crippen LogP contribution in [-0.4, -0.2) is 69.2 Å². The van der Waals surface area contributed by atoms with Gasteiger partial charge in [-0.1, -0.05) is 19.8 Å². The highest BCUT2D eigenvalue weighted by Gasteiger charge is 2.29. The Balaban J connectivity index is 1.36. The minimum atomic E-state index is -3.15. The fourth-order valence-electron chi connectivity index (χ4n) is 5.84. The van der Waals surface area contributed by atoms with Gasteiger partial charge in [-0.2, -0.15) is 9.97 Å². The molecule has 3 aliphatic rings. The summed E-state index contributed by atoms with van der Waals surface area (Å²) in [6, 6.07) is 1.22. The molecule has 0 unspecified atom stereocenters. The van der Waals surface area contributed by atoms with Gasteiger partial charge in [0.25, 0.3) is 0 Å². The Kier molecular flexibility index (Phi) is 7.45. The second-order valence-corrected chi connectivity index (χ2v) is 12.6. The molecular formula is C24H40N8O2S. The first-order valence-corrected chi connectivity index (χ1v) is 15.0.